The van der Waals surface area contributed by atoms with Crippen molar-refractivity contribution in [2.45, 2.75) is 31.8 Å². The second kappa shape index (κ2) is 8.52. The van der Waals surface area contributed by atoms with Crippen LogP contribution in [0.4, 0.5) is 0 Å². The average molecular weight is 352 g/mol. The zero-order valence-electron chi connectivity index (χ0n) is 15.0. The summed E-state index contributed by atoms with van der Waals surface area (Å²) in [7, 11) is 1.63. The molecule has 0 saturated heterocycles. The summed E-state index contributed by atoms with van der Waals surface area (Å²) >= 11 is 0. The summed E-state index contributed by atoms with van der Waals surface area (Å²) in [4.78, 5) is 26.5. The number of nitrogens with one attached hydrogen (secondary N) is 1. The number of amides is 2. The maximum atomic E-state index is 12.6. The predicted molar refractivity (Wildman–Crippen MR) is 99.7 cm³/mol. The molecule has 0 unspecified atom stereocenters. The molecule has 1 aliphatic rings. The lowest BCUT2D eigenvalue weighted by molar-refractivity contribution is -0.133. The van der Waals surface area contributed by atoms with Gasteiger partial charge in [-0.1, -0.05) is 42.5 Å². The van der Waals surface area contributed by atoms with Gasteiger partial charge in [-0.25, -0.2) is 0 Å². The summed E-state index contributed by atoms with van der Waals surface area (Å²) in [6.45, 7) is 0.598. The van der Waals surface area contributed by atoms with Crippen molar-refractivity contribution in [1.82, 2.24) is 10.2 Å². The van der Waals surface area contributed by atoms with E-state index in [1.54, 1.807) is 7.11 Å². The molecule has 0 aromatic heterocycles. The summed E-state index contributed by atoms with van der Waals surface area (Å²) in [5, 5.41) is 2.75. The molecule has 26 heavy (non-hydrogen) atoms. The van der Waals surface area contributed by atoms with Gasteiger partial charge in [0.25, 0.3) is 0 Å². The fraction of sp³-hybridized carbons (Fsp3) is 0.333. The standard InChI is InChI=1S/C21H24N2O3/c1-26-19-11-7-17(8-12-19)15-23(18-9-10-18)21(25)14-22-20(24)13-16-5-3-2-4-6-16/h2-8,11-12,18H,9-10,13-15H2,1H3,(H,22,24). The maximum absolute atomic E-state index is 12.6. The van der Waals surface area contributed by atoms with Crippen LogP contribution in [0.2, 0.25) is 0 Å². The molecular weight excluding hydrogens is 328 g/mol. The van der Waals surface area contributed by atoms with Crippen molar-refractivity contribution in [2.75, 3.05) is 13.7 Å². The number of hydrogen-bond donors (Lipinski definition) is 1. The van der Waals surface area contributed by atoms with E-state index in [0.717, 1.165) is 29.7 Å². The lowest BCUT2D eigenvalue weighted by Gasteiger charge is -2.23. The highest BCUT2D eigenvalue weighted by atomic mass is 16.5. The number of rotatable bonds is 8. The highest BCUT2D eigenvalue weighted by Crippen LogP contribution is 2.28. The molecule has 1 fully saturated rings. The summed E-state index contributed by atoms with van der Waals surface area (Å²) in [6.07, 6.45) is 2.34. The first-order valence-electron chi connectivity index (χ1n) is 8.88. The van der Waals surface area contributed by atoms with Crippen molar-refractivity contribution < 1.29 is 14.3 Å². The zero-order valence-corrected chi connectivity index (χ0v) is 15.0. The van der Waals surface area contributed by atoms with Crippen molar-refractivity contribution in [3.8, 4) is 5.75 Å². The second-order valence-corrected chi connectivity index (χ2v) is 6.54. The third-order valence-corrected chi connectivity index (χ3v) is 4.46. The van der Waals surface area contributed by atoms with Crippen LogP contribution in [0.5, 0.6) is 5.75 Å². The minimum absolute atomic E-state index is 0.0373. The van der Waals surface area contributed by atoms with Gasteiger partial charge in [-0.05, 0) is 36.1 Å². The molecule has 5 nitrogen and oxygen atoms in total. The first-order valence-corrected chi connectivity index (χ1v) is 8.88. The quantitative estimate of drug-likeness (QED) is 0.794. The highest BCUT2D eigenvalue weighted by Gasteiger charge is 2.32. The molecule has 0 atom stereocenters. The van der Waals surface area contributed by atoms with Gasteiger partial charge in [-0.3, -0.25) is 9.59 Å². The topological polar surface area (TPSA) is 58.6 Å². The Kier molecular flexibility index (Phi) is 5.89. The summed E-state index contributed by atoms with van der Waals surface area (Å²) in [6, 6.07) is 17.5. The van der Waals surface area contributed by atoms with Crippen LogP contribution < -0.4 is 10.1 Å². The van der Waals surface area contributed by atoms with Crippen molar-refractivity contribution in [2.24, 2.45) is 0 Å². The maximum Gasteiger partial charge on any atom is 0.242 e. The summed E-state index contributed by atoms with van der Waals surface area (Å²) < 4.78 is 5.17. The lowest BCUT2D eigenvalue weighted by Crippen LogP contribution is -2.41. The Morgan fingerprint density at radius 2 is 1.73 bits per heavy atom. The van der Waals surface area contributed by atoms with E-state index in [-0.39, 0.29) is 30.8 Å². The lowest BCUT2D eigenvalue weighted by atomic mass is 10.1. The van der Waals surface area contributed by atoms with Crippen molar-refractivity contribution in [3.05, 3.63) is 65.7 Å². The van der Waals surface area contributed by atoms with E-state index in [9.17, 15) is 9.59 Å². The molecule has 0 heterocycles. The zero-order chi connectivity index (χ0) is 18.4. The summed E-state index contributed by atoms with van der Waals surface area (Å²) in [5.74, 6) is 0.626. The first-order chi connectivity index (χ1) is 12.7. The van der Waals surface area contributed by atoms with E-state index in [1.165, 1.54) is 0 Å². The SMILES string of the molecule is COc1ccc(CN(C(=O)CNC(=O)Cc2ccccc2)C2CC2)cc1. The van der Waals surface area contributed by atoms with Gasteiger partial charge in [-0.15, -0.1) is 0 Å². The molecule has 136 valence electrons. The fourth-order valence-electron chi connectivity index (χ4n) is 2.85. The monoisotopic (exact) mass is 352 g/mol. The van der Waals surface area contributed by atoms with Crippen LogP contribution in [0.1, 0.15) is 24.0 Å². The minimum Gasteiger partial charge on any atom is -0.497 e. The number of nitrogens with zero attached hydrogens (tertiary/aromatic N) is 1. The largest absolute Gasteiger partial charge is 0.497 e. The Balaban J connectivity index is 1.52. The molecule has 1 aliphatic carbocycles. The van der Waals surface area contributed by atoms with Crippen LogP contribution in [-0.4, -0.2) is 36.4 Å². The number of ether oxygens (including phenoxy) is 1. The van der Waals surface area contributed by atoms with E-state index in [4.69, 9.17) is 4.74 Å². The molecular formula is C21H24N2O3. The van der Waals surface area contributed by atoms with Gasteiger partial charge in [0, 0.05) is 12.6 Å². The molecule has 3 rings (SSSR count). The molecule has 0 spiro atoms. The van der Waals surface area contributed by atoms with Gasteiger partial charge >= 0.3 is 0 Å². The molecule has 0 aliphatic heterocycles. The van der Waals surface area contributed by atoms with Gasteiger partial charge in [0.15, 0.2) is 0 Å². The van der Waals surface area contributed by atoms with E-state index >= 15 is 0 Å². The molecule has 0 radical (unpaired) electrons. The Hall–Kier alpha value is -2.82. The van der Waals surface area contributed by atoms with Gasteiger partial charge in [-0.2, -0.15) is 0 Å². The molecule has 5 heteroatoms. The Morgan fingerprint density at radius 1 is 1.04 bits per heavy atom. The number of carbonyl (C=O) groups excluding carboxylic acids is 2. The van der Waals surface area contributed by atoms with Crippen molar-refractivity contribution >= 4 is 11.8 Å². The predicted octanol–water partition coefficient (Wildman–Crippen LogP) is 2.55. The van der Waals surface area contributed by atoms with Crippen molar-refractivity contribution in [1.29, 1.82) is 0 Å². The molecule has 0 bridgehead atoms. The smallest absolute Gasteiger partial charge is 0.242 e. The van der Waals surface area contributed by atoms with Gasteiger partial charge in [0.2, 0.25) is 11.8 Å². The van der Waals surface area contributed by atoms with Crippen LogP contribution in [0.15, 0.2) is 54.6 Å². The van der Waals surface area contributed by atoms with Crippen LogP contribution in [-0.2, 0) is 22.6 Å². The number of benzene rings is 2. The molecule has 1 saturated carbocycles. The molecule has 2 aromatic carbocycles. The molecule has 1 N–H and O–H groups in total. The Labute approximate surface area is 154 Å². The Morgan fingerprint density at radius 3 is 2.35 bits per heavy atom. The van der Waals surface area contributed by atoms with Crippen LogP contribution >= 0.6 is 0 Å². The molecule has 2 aromatic rings. The third-order valence-electron chi connectivity index (χ3n) is 4.46. The normalized spacial score (nSPS) is 13.1. The summed E-state index contributed by atoms with van der Waals surface area (Å²) in [5.41, 5.74) is 2.00. The van der Waals surface area contributed by atoms with E-state index < -0.39 is 0 Å². The van der Waals surface area contributed by atoms with Crippen molar-refractivity contribution in [3.63, 3.8) is 0 Å². The Bertz CT molecular complexity index is 740. The molecule has 2 amide bonds. The van der Waals surface area contributed by atoms with Gasteiger partial charge < -0.3 is 15.0 Å². The minimum atomic E-state index is -0.134. The number of methoxy groups -OCH3 is 1. The second-order valence-electron chi connectivity index (χ2n) is 6.54. The fourth-order valence-corrected chi connectivity index (χ4v) is 2.85. The third kappa shape index (κ3) is 5.09. The van der Waals surface area contributed by atoms with E-state index in [2.05, 4.69) is 5.32 Å². The van der Waals surface area contributed by atoms with Crippen LogP contribution in [0.3, 0.4) is 0 Å². The number of hydrogen-bond acceptors (Lipinski definition) is 3. The van der Waals surface area contributed by atoms with Gasteiger partial charge in [0.1, 0.15) is 5.75 Å². The van der Waals surface area contributed by atoms with Crippen LogP contribution in [0.25, 0.3) is 0 Å². The number of carbonyl (C=O) groups is 2. The average Bonchev–Trinajstić information content (AvgIpc) is 3.50. The highest BCUT2D eigenvalue weighted by molar-refractivity contribution is 5.86. The van der Waals surface area contributed by atoms with Crippen LogP contribution in [0, 0.1) is 0 Å². The van der Waals surface area contributed by atoms with E-state index in [0.29, 0.717) is 6.54 Å². The first kappa shape index (κ1) is 18.0. The van der Waals surface area contributed by atoms with Gasteiger partial charge in [0.05, 0.1) is 20.1 Å². The van der Waals surface area contributed by atoms with E-state index in [1.807, 2.05) is 59.5 Å².